The summed E-state index contributed by atoms with van der Waals surface area (Å²) in [4.78, 5) is 12.3. The Bertz CT molecular complexity index is 997. The first-order chi connectivity index (χ1) is 13.4. The number of fused-ring (bicyclic) bond motifs is 2. The fourth-order valence-corrected chi connectivity index (χ4v) is 6.14. The molecule has 2 fully saturated rings. The predicted octanol–water partition coefficient (Wildman–Crippen LogP) is 2.42. The molecule has 1 amide bonds. The fraction of sp³-hybridized carbons (Fsp3) is 0.350. The zero-order valence-electron chi connectivity index (χ0n) is 15.3. The van der Waals surface area contributed by atoms with E-state index in [4.69, 9.17) is 4.74 Å². The van der Waals surface area contributed by atoms with Gasteiger partial charge in [0, 0.05) is 24.2 Å². The molecule has 4 rings (SSSR count). The molecule has 2 aromatic carbocycles. The maximum absolute atomic E-state index is 13.7. The van der Waals surface area contributed by atoms with Crippen LogP contribution in [-0.4, -0.2) is 44.4 Å². The maximum Gasteiger partial charge on any atom is 0.251 e. The summed E-state index contributed by atoms with van der Waals surface area (Å²) in [6.45, 7) is 0.365. The second kappa shape index (κ2) is 7.18. The molecular formula is C20H21FN2O4S. The smallest absolute Gasteiger partial charge is 0.251 e. The third-order valence-corrected chi connectivity index (χ3v) is 7.41. The number of benzene rings is 2. The highest BCUT2D eigenvalue weighted by molar-refractivity contribution is 7.89. The lowest BCUT2D eigenvalue weighted by molar-refractivity contribution is 0.0917. The Labute approximate surface area is 163 Å². The minimum atomic E-state index is -3.95. The lowest BCUT2D eigenvalue weighted by Crippen LogP contribution is -2.51. The Kier molecular flexibility index (Phi) is 4.84. The Morgan fingerprint density at radius 2 is 1.93 bits per heavy atom. The Morgan fingerprint density at radius 3 is 2.61 bits per heavy atom. The molecule has 0 unspecified atom stereocenters. The predicted molar refractivity (Wildman–Crippen MR) is 101 cm³/mol. The number of ether oxygens (including phenoxy) is 1. The number of sulfonamides is 1. The van der Waals surface area contributed by atoms with Crippen LogP contribution in [0.3, 0.4) is 0 Å². The van der Waals surface area contributed by atoms with Gasteiger partial charge < -0.3 is 10.1 Å². The summed E-state index contributed by atoms with van der Waals surface area (Å²) in [5.41, 5.74) is 0.534. The minimum absolute atomic E-state index is 0.106. The number of carbonyl (C=O) groups excluding carboxylic acids is 1. The molecule has 3 atom stereocenters. The molecular weight excluding hydrogens is 383 g/mol. The molecule has 1 saturated carbocycles. The van der Waals surface area contributed by atoms with E-state index in [1.54, 1.807) is 24.3 Å². The summed E-state index contributed by atoms with van der Waals surface area (Å²) in [6.07, 6.45) is 1.41. The van der Waals surface area contributed by atoms with Crippen LogP contribution in [0.2, 0.25) is 0 Å². The van der Waals surface area contributed by atoms with Gasteiger partial charge in [0.05, 0.1) is 7.11 Å². The number of rotatable bonds is 5. The van der Waals surface area contributed by atoms with Crippen molar-refractivity contribution in [3.63, 3.8) is 0 Å². The van der Waals surface area contributed by atoms with Crippen LogP contribution in [0, 0.1) is 11.7 Å². The summed E-state index contributed by atoms with van der Waals surface area (Å²) in [5.74, 6) is -0.592. The molecule has 0 radical (unpaired) electrons. The molecule has 148 valence electrons. The number of nitrogens with zero attached hydrogens (tertiary/aromatic N) is 1. The average molecular weight is 404 g/mol. The highest BCUT2D eigenvalue weighted by Crippen LogP contribution is 2.42. The average Bonchev–Trinajstić information content (AvgIpc) is 3.29. The molecule has 8 heteroatoms. The summed E-state index contributed by atoms with van der Waals surface area (Å²) in [5, 5.41) is 2.97. The van der Waals surface area contributed by atoms with Gasteiger partial charge in [-0.1, -0.05) is 18.2 Å². The van der Waals surface area contributed by atoms with Gasteiger partial charge in [-0.15, -0.1) is 0 Å². The Balaban J connectivity index is 1.58. The van der Waals surface area contributed by atoms with Crippen molar-refractivity contribution in [3.05, 3.63) is 59.9 Å². The normalized spacial score (nSPS) is 24.3. The van der Waals surface area contributed by atoms with E-state index in [-0.39, 0.29) is 34.6 Å². The highest BCUT2D eigenvalue weighted by Gasteiger charge is 2.50. The topological polar surface area (TPSA) is 75.7 Å². The molecule has 1 aliphatic heterocycles. The quantitative estimate of drug-likeness (QED) is 0.831. The zero-order chi connectivity index (χ0) is 19.9. The largest absolute Gasteiger partial charge is 0.495 e. The molecule has 0 aromatic heterocycles. The molecule has 1 aliphatic carbocycles. The second-order valence-corrected chi connectivity index (χ2v) is 9.08. The Morgan fingerprint density at radius 1 is 1.18 bits per heavy atom. The van der Waals surface area contributed by atoms with E-state index in [1.807, 2.05) is 6.07 Å². The monoisotopic (exact) mass is 404 g/mol. The minimum Gasteiger partial charge on any atom is -0.495 e. The van der Waals surface area contributed by atoms with Crippen molar-refractivity contribution in [1.82, 2.24) is 9.62 Å². The van der Waals surface area contributed by atoms with E-state index >= 15 is 0 Å². The van der Waals surface area contributed by atoms with Crippen LogP contribution in [0.25, 0.3) is 0 Å². The first-order valence-electron chi connectivity index (χ1n) is 9.11. The van der Waals surface area contributed by atoms with E-state index in [0.29, 0.717) is 18.5 Å². The van der Waals surface area contributed by atoms with Gasteiger partial charge in [0.1, 0.15) is 16.5 Å². The molecule has 1 saturated heterocycles. The van der Waals surface area contributed by atoms with Gasteiger partial charge in [-0.25, -0.2) is 12.8 Å². The molecule has 2 bridgehead atoms. The maximum atomic E-state index is 13.7. The van der Waals surface area contributed by atoms with Crippen LogP contribution in [0.15, 0.2) is 53.4 Å². The lowest BCUT2D eigenvalue weighted by Gasteiger charge is -2.33. The number of hydrogen-bond donors (Lipinski definition) is 1. The van der Waals surface area contributed by atoms with Gasteiger partial charge in [-0.3, -0.25) is 4.79 Å². The lowest BCUT2D eigenvalue weighted by atomic mass is 10.1. The number of hydrogen-bond acceptors (Lipinski definition) is 4. The molecule has 6 nitrogen and oxygen atoms in total. The number of halogens is 1. The fourth-order valence-electron chi connectivity index (χ4n) is 4.23. The second-order valence-electron chi connectivity index (χ2n) is 7.22. The van der Waals surface area contributed by atoms with Crippen molar-refractivity contribution in [3.8, 4) is 5.75 Å². The van der Waals surface area contributed by atoms with Crippen LogP contribution in [-0.2, 0) is 10.0 Å². The van der Waals surface area contributed by atoms with E-state index < -0.39 is 15.8 Å². The molecule has 2 aliphatic rings. The third-order valence-electron chi connectivity index (χ3n) is 5.50. The van der Waals surface area contributed by atoms with Crippen molar-refractivity contribution >= 4 is 15.9 Å². The zero-order valence-corrected chi connectivity index (χ0v) is 16.2. The Hall–Kier alpha value is -2.45. The third kappa shape index (κ3) is 3.27. The number of nitrogens with one attached hydrogen (secondary N) is 1. The van der Waals surface area contributed by atoms with Crippen molar-refractivity contribution in [2.45, 2.75) is 29.8 Å². The highest BCUT2D eigenvalue weighted by atomic mass is 32.2. The van der Waals surface area contributed by atoms with E-state index in [9.17, 15) is 17.6 Å². The summed E-state index contributed by atoms with van der Waals surface area (Å²) >= 11 is 0. The number of carbonyl (C=O) groups is 1. The van der Waals surface area contributed by atoms with E-state index in [0.717, 1.165) is 18.6 Å². The van der Waals surface area contributed by atoms with Crippen molar-refractivity contribution in [1.29, 1.82) is 0 Å². The van der Waals surface area contributed by atoms with Gasteiger partial charge in [0.2, 0.25) is 10.0 Å². The van der Waals surface area contributed by atoms with Crippen LogP contribution in [0.4, 0.5) is 4.39 Å². The first kappa shape index (κ1) is 18.9. The van der Waals surface area contributed by atoms with E-state index in [2.05, 4.69) is 5.32 Å². The molecule has 1 heterocycles. The van der Waals surface area contributed by atoms with E-state index in [1.165, 1.54) is 17.5 Å². The standard InChI is InChI=1S/C20H21FN2O4S/c1-27-18-8-7-15(21)11-19(18)28(25,26)23-12-13-9-16(17(23)10-13)22-20(24)14-5-3-2-4-6-14/h2-8,11,13,16-17H,9-10,12H2,1H3,(H,22,24)/t13-,16+,17-/m1/s1. The molecule has 2 aromatic rings. The van der Waals surface area contributed by atoms with Crippen LogP contribution in [0.5, 0.6) is 5.75 Å². The van der Waals surface area contributed by atoms with Crippen molar-refractivity contribution in [2.24, 2.45) is 5.92 Å². The van der Waals surface area contributed by atoms with Gasteiger partial charge in [-0.2, -0.15) is 4.31 Å². The van der Waals surface area contributed by atoms with Gasteiger partial charge in [0.25, 0.3) is 5.91 Å². The van der Waals surface area contributed by atoms with Gasteiger partial charge in [-0.05, 0) is 49.1 Å². The summed E-state index contributed by atoms with van der Waals surface area (Å²) in [6, 6.07) is 11.7. The molecule has 28 heavy (non-hydrogen) atoms. The summed E-state index contributed by atoms with van der Waals surface area (Å²) < 4.78 is 46.7. The summed E-state index contributed by atoms with van der Waals surface area (Å²) in [7, 11) is -2.60. The van der Waals surface area contributed by atoms with Crippen molar-refractivity contribution < 1.29 is 22.3 Å². The van der Waals surface area contributed by atoms with Crippen LogP contribution in [0.1, 0.15) is 23.2 Å². The molecule has 0 spiro atoms. The van der Waals surface area contributed by atoms with Crippen LogP contribution < -0.4 is 10.1 Å². The SMILES string of the molecule is COc1ccc(F)cc1S(=O)(=O)N1C[C@@H]2C[C@H](NC(=O)c3ccccc3)[C@H]1C2. The number of amides is 1. The van der Waals surface area contributed by atoms with Crippen molar-refractivity contribution in [2.75, 3.05) is 13.7 Å². The number of methoxy groups -OCH3 is 1. The molecule has 1 N–H and O–H groups in total. The van der Waals surface area contributed by atoms with Gasteiger partial charge >= 0.3 is 0 Å². The van der Waals surface area contributed by atoms with Gasteiger partial charge in [0.15, 0.2) is 0 Å². The first-order valence-corrected chi connectivity index (χ1v) is 10.6. The van der Waals surface area contributed by atoms with Crippen LogP contribution >= 0.6 is 0 Å². The number of piperidine rings is 1.